The maximum absolute atomic E-state index is 7.75. The summed E-state index contributed by atoms with van der Waals surface area (Å²) in [6.45, 7) is 26.5. The first-order valence-corrected chi connectivity index (χ1v) is 3.82. The summed E-state index contributed by atoms with van der Waals surface area (Å²) in [7, 11) is 0. The first-order chi connectivity index (χ1) is 8.41. The molecule has 0 atom stereocenters. The summed E-state index contributed by atoms with van der Waals surface area (Å²) in [6, 6.07) is 0. The van der Waals surface area contributed by atoms with Crippen LogP contribution < -0.4 is 0 Å². The van der Waals surface area contributed by atoms with Crippen LogP contribution in [-0.4, -0.2) is 18.2 Å². The Kier molecular flexibility index (Phi) is 3590. The van der Waals surface area contributed by atoms with E-state index in [9.17, 15) is 0 Å². The second kappa shape index (κ2) is 1060. The predicted molar refractivity (Wildman–Crippen MR) is 63.2 cm³/mol. The molecule has 0 saturated carbocycles. The molecule has 0 radical (unpaired) electrons. The van der Waals surface area contributed by atoms with Gasteiger partial charge in [0.15, 0.2) is 5.88 Å². The van der Waals surface area contributed by atoms with Crippen molar-refractivity contribution in [1.82, 2.24) is 0 Å². The number of rotatable bonds is 1. The van der Waals surface area contributed by atoms with Crippen molar-refractivity contribution in [2.24, 2.45) is 4.99 Å². The number of hydrogen-bond acceptors (Lipinski definition) is 5. The van der Waals surface area contributed by atoms with E-state index in [1.165, 1.54) is 0 Å². The molecule has 0 rings (SSSR count). The molecular weight excluding hydrogens is 376 g/mol. The summed E-state index contributed by atoms with van der Waals surface area (Å²) in [4.78, 5) is 11.4. The van der Waals surface area contributed by atoms with Gasteiger partial charge in [0.2, 0.25) is 5.55 Å². The van der Waals surface area contributed by atoms with Gasteiger partial charge in [-0.2, -0.15) is 4.99 Å². The second-order valence-corrected chi connectivity index (χ2v) is 1.04. The predicted octanol–water partition coefficient (Wildman–Crippen LogP) is -1.07. The molecule has 7 nitrogen and oxygen atoms in total. The average Bonchev–Trinajstić information content (AvgIpc) is 2.52. The van der Waals surface area contributed by atoms with Gasteiger partial charge in [0, 0.05) is 12.6 Å². The third kappa shape index (κ3) is 3630. The van der Waals surface area contributed by atoms with E-state index in [2.05, 4.69) is 50.3 Å². The molecule has 0 aliphatic rings. The van der Waals surface area contributed by atoms with Gasteiger partial charge in [-0.25, -0.2) is 0 Å². The minimum Gasteiger partial charge on any atom is -0.545 e. The first kappa shape index (κ1) is 64.1. The Labute approximate surface area is 145 Å². The maximum Gasteiger partial charge on any atom is 4.00 e. The zero-order valence-electron chi connectivity index (χ0n) is 9.08. The van der Waals surface area contributed by atoms with Crippen LogP contribution in [0.2, 0.25) is 0 Å². The molecule has 0 aromatic heterocycles. The van der Waals surface area contributed by atoms with Crippen molar-refractivity contribution in [3.8, 4) is 0 Å². The molecule has 0 spiro atoms. The van der Waals surface area contributed by atoms with E-state index < -0.39 is 0 Å². The van der Waals surface area contributed by atoms with Crippen LogP contribution in [0.1, 0.15) is 0 Å². The van der Waals surface area contributed by atoms with Gasteiger partial charge in [0.1, 0.15) is 0 Å². The van der Waals surface area contributed by atoms with Crippen LogP contribution in [0.4, 0.5) is 0 Å². The number of nitrogens with zero attached hydrogens (tertiary/aromatic N) is 4. The Morgan fingerprint density at radius 2 is 1.16 bits per heavy atom. The monoisotopic (exact) mass is 384 g/mol. The van der Waals surface area contributed by atoms with E-state index in [0.29, 0.717) is 5.88 Å². The quantitative estimate of drug-likeness (QED) is 0.142. The van der Waals surface area contributed by atoms with Crippen LogP contribution in [-0.2, 0) is 73.5 Å². The summed E-state index contributed by atoms with van der Waals surface area (Å²) < 4.78 is 15.0. The van der Waals surface area contributed by atoms with Crippen LogP contribution >= 0.6 is 0 Å². The molecular formula is C8H8Fe2N4O3S2+4. The third-order valence-electron chi connectivity index (χ3n) is 0.183. The molecule has 0 aromatic carbocycles. The van der Waals surface area contributed by atoms with Crippen LogP contribution in [0.15, 0.2) is 4.99 Å². The average molecular weight is 384 g/mol. The molecule has 0 unspecified atom stereocenters. The van der Waals surface area contributed by atoms with Gasteiger partial charge in [0.25, 0.3) is 0 Å². The molecule has 0 aromatic rings. The minimum absolute atomic E-state index is 0. The standard InChI is InChI=1S/C2H5NS2.3CN.CHO.2CO.2Fe/c4-1-3-2-5;6*1-2;;/h1,5H,2H2,(H,3,4);;;;1H;;;;/q;4*-1;;;+2;+4/p+2. The Hall–Kier alpha value is -0.971. The van der Waals surface area contributed by atoms with Crippen LogP contribution in [0, 0.1) is 48.8 Å². The van der Waals surface area contributed by atoms with Gasteiger partial charge < -0.3 is 40.3 Å². The summed E-state index contributed by atoms with van der Waals surface area (Å²) in [5.74, 6) is 0.670. The Bertz CT molecular complexity index is 174. The SMILES string of the molecule is [C-]#N.[C-]#N.[C-]#N.[C-]#[O+].[C-]#[O+].[CH-]=O.[Fe+2].[Fe+4].[SH2+]/C=N/C[SH2+]. The molecule has 102 valence electrons. The number of aliphatic imine (C=N–C) groups is 1. The van der Waals surface area contributed by atoms with Crippen molar-refractivity contribution in [2.75, 3.05) is 5.88 Å². The molecule has 0 aliphatic heterocycles. The van der Waals surface area contributed by atoms with Gasteiger partial charge in [-0.3, -0.25) is 6.79 Å². The summed E-state index contributed by atoms with van der Waals surface area (Å²) in [6.07, 6.45) is 0. The van der Waals surface area contributed by atoms with E-state index in [4.69, 9.17) is 49.6 Å². The summed E-state index contributed by atoms with van der Waals surface area (Å²) in [5, 5.41) is 18.8. The molecule has 0 fully saturated rings. The van der Waals surface area contributed by atoms with Gasteiger partial charge in [-0.15, -0.1) is 0 Å². The van der Waals surface area contributed by atoms with Gasteiger partial charge >= 0.3 is 56.7 Å². The zero-order valence-corrected chi connectivity index (χ0v) is 13.3. The molecule has 0 aliphatic carbocycles. The third-order valence-corrected chi connectivity index (χ3v) is 0.548. The zero-order chi connectivity index (χ0) is 16.1. The topological polar surface area (TPSA) is 141 Å². The second-order valence-electron chi connectivity index (χ2n) is 0.470. The van der Waals surface area contributed by atoms with E-state index in [0.717, 1.165) is 0 Å². The largest absolute Gasteiger partial charge is 4.00 e. The number of hydrogen-bond donors (Lipinski definition) is 0. The van der Waals surface area contributed by atoms with E-state index in [-0.39, 0.29) is 34.1 Å². The molecule has 11 heteroatoms. The summed E-state index contributed by atoms with van der Waals surface area (Å²) >= 11 is 6.15. The molecule has 0 N–H and O–H groups in total. The van der Waals surface area contributed by atoms with Crippen molar-refractivity contribution >= 4 is 37.6 Å². The van der Waals surface area contributed by atoms with E-state index in [1.807, 2.05) is 0 Å². The fourth-order valence-corrected chi connectivity index (χ4v) is 0.411. The molecule has 0 amide bonds. The Morgan fingerprint density at radius 3 is 1.16 bits per heavy atom. The molecule has 0 heterocycles. The molecule has 0 bridgehead atoms. The number of carbonyl (C=O) groups excluding carboxylic acids is 1. The van der Waals surface area contributed by atoms with Crippen LogP contribution in [0.3, 0.4) is 0 Å². The van der Waals surface area contributed by atoms with Gasteiger partial charge in [0.05, 0.1) is 0 Å². The van der Waals surface area contributed by atoms with Crippen LogP contribution in [0.5, 0.6) is 0 Å². The van der Waals surface area contributed by atoms with E-state index >= 15 is 0 Å². The van der Waals surface area contributed by atoms with Crippen molar-refractivity contribution in [3.05, 3.63) is 33.0 Å². The van der Waals surface area contributed by atoms with Crippen molar-refractivity contribution in [2.45, 2.75) is 0 Å². The van der Waals surface area contributed by atoms with Crippen molar-refractivity contribution in [3.63, 3.8) is 0 Å². The van der Waals surface area contributed by atoms with E-state index in [1.54, 1.807) is 5.55 Å². The van der Waals surface area contributed by atoms with Gasteiger partial charge in [-0.05, 0) is 12.6 Å². The maximum atomic E-state index is 7.75. The fraction of sp³-hybridized carbons (Fsp3) is 0.125. The first-order valence-electron chi connectivity index (χ1n) is 2.53. The van der Waals surface area contributed by atoms with Crippen molar-refractivity contribution in [1.29, 1.82) is 15.8 Å². The van der Waals surface area contributed by atoms with Crippen molar-refractivity contribution < 1.29 is 48.2 Å². The molecule has 19 heavy (non-hydrogen) atoms. The Balaban J connectivity index is -0.00000000912. The Morgan fingerprint density at radius 1 is 1.00 bits per heavy atom. The summed E-state index contributed by atoms with van der Waals surface area (Å²) in [5.41, 5.74) is 1.56. The van der Waals surface area contributed by atoms with Crippen LogP contribution in [0.25, 0.3) is 0 Å². The normalized spacial score (nSPS) is 3.37. The minimum atomic E-state index is 0. The fourth-order valence-electron chi connectivity index (χ4n) is 0.0456. The van der Waals surface area contributed by atoms with Gasteiger partial charge in [-0.1, -0.05) is 0 Å². The molecule has 0 saturated heterocycles. The smallest absolute Gasteiger partial charge is 0.545 e.